The molecule has 0 aliphatic carbocycles. The Morgan fingerprint density at radius 1 is 1.09 bits per heavy atom. The van der Waals surface area contributed by atoms with Crippen LogP contribution in [0, 0.1) is 17.2 Å². The highest BCUT2D eigenvalue weighted by Crippen LogP contribution is 2.29. The van der Waals surface area contributed by atoms with Crippen LogP contribution >= 0.6 is 0 Å². The van der Waals surface area contributed by atoms with E-state index in [1.165, 1.54) is 10.9 Å². The summed E-state index contributed by atoms with van der Waals surface area (Å²) < 4.78 is 6.60. The lowest BCUT2D eigenvalue weighted by atomic mass is 9.92. The molecule has 3 heterocycles. The second kappa shape index (κ2) is 15.9. The van der Waals surface area contributed by atoms with E-state index in [9.17, 15) is 19.2 Å². The molecule has 14 nitrogen and oxygen atoms in total. The zero-order valence-electron chi connectivity index (χ0n) is 26.4. The monoisotopic (exact) mass is 611 g/mol. The Morgan fingerprint density at radius 3 is 2.50 bits per heavy atom. The lowest BCUT2D eigenvalue weighted by Crippen LogP contribution is -2.52. The molecule has 4 amide bonds. The molecule has 0 spiro atoms. The van der Waals surface area contributed by atoms with Gasteiger partial charge in [-0.05, 0) is 58.4 Å². The number of carbonyl (C=O) groups is 4. The summed E-state index contributed by atoms with van der Waals surface area (Å²) >= 11 is 0. The zero-order valence-corrected chi connectivity index (χ0v) is 26.4. The van der Waals surface area contributed by atoms with Crippen LogP contribution in [0.3, 0.4) is 0 Å². The minimum absolute atomic E-state index is 0.0123. The molecule has 44 heavy (non-hydrogen) atoms. The second-order valence-electron chi connectivity index (χ2n) is 12.1. The smallest absolute Gasteiger partial charge is 0.407 e. The number of unbranched alkanes of at least 4 members (excludes halogenated alkanes) is 1. The highest BCUT2D eigenvalue weighted by Gasteiger charge is 2.33. The van der Waals surface area contributed by atoms with Gasteiger partial charge in [0, 0.05) is 52.4 Å². The number of anilines is 1. The van der Waals surface area contributed by atoms with Gasteiger partial charge in [0.1, 0.15) is 24.2 Å². The third kappa shape index (κ3) is 9.82. The van der Waals surface area contributed by atoms with E-state index in [4.69, 9.17) is 10.00 Å². The first-order chi connectivity index (χ1) is 20.9. The Balaban J connectivity index is 1.43. The number of rotatable bonds is 12. The Morgan fingerprint density at radius 2 is 1.80 bits per heavy atom. The van der Waals surface area contributed by atoms with Gasteiger partial charge in [0.15, 0.2) is 5.65 Å². The van der Waals surface area contributed by atoms with Crippen molar-refractivity contribution in [1.29, 1.82) is 5.26 Å². The normalized spacial score (nSPS) is 16.6. The van der Waals surface area contributed by atoms with Gasteiger partial charge < -0.3 is 30.5 Å². The summed E-state index contributed by atoms with van der Waals surface area (Å²) in [4.78, 5) is 61.7. The molecule has 3 N–H and O–H groups in total. The maximum atomic E-state index is 12.9. The van der Waals surface area contributed by atoms with E-state index >= 15 is 0 Å². The van der Waals surface area contributed by atoms with Crippen LogP contribution in [0.25, 0.3) is 11.0 Å². The predicted molar refractivity (Wildman–Crippen MR) is 165 cm³/mol. The Labute approximate surface area is 258 Å². The first kappa shape index (κ1) is 34.1. The van der Waals surface area contributed by atoms with Crippen LogP contribution in [0.15, 0.2) is 18.6 Å². The number of piperidine rings is 1. The van der Waals surface area contributed by atoms with Gasteiger partial charge >= 0.3 is 12.1 Å². The fourth-order valence-corrected chi connectivity index (χ4v) is 5.10. The molecule has 2 aromatic heterocycles. The summed E-state index contributed by atoms with van der Waals surface area (Å²) in [6.45, 7) is 9.95. The standard InChI is InChI=1S/C30H45N9O5/c1-21-11-17-38(25(41)10-13-31)19-23(21)37(5)26-22-12-18-39(27(22)36-20-35-26)28(42)33-16-8-9-24(40)32-14-6-7-15-34-29(43)44-30(2,3)4/h12,18,20-21,23H,6-11,14-17,19H2,1-5H3,(H,32,40)(H,33,42)(H,34,43)/t21-,23+/m1/s1. The van der Waals surface area contributed by atoms with Gasteiger partial charge in [-0.3, -0.25) is 14.2 Å². The third-order valence-electron chi connectivity index (χ3n) is 7.46. The van der Waals surface area contributed by atoms with Crippen molar-refractivity contribution in [1.82, 2.24) is 35.4 Å². The van der Waals surface area contributed by atoms with Crippen LogP contribution in [0.5, 0.6) is 0 Å². The molecule has 1 saturated heterocycles. The lowest BCUT2D eigenvalue weighted by molar-refractivity contribution is -0.131. The number of alkyl carbamates (subject to hydrolysis) is 1. The fourth-order valence-electron chi connectivity index (χ4n) is 5.10. The van der Waals surface area contributed by atoms with Gasteiger partial charge in [-0.25, -0.2) is 19.6 Å². The van der Waals surface area contributed by atoms with Crippen LogP contribution in [0.2, 0.25) is 0 Å². The number of likely N-dealkylation sites (N-methyl/N-ethyl adjacent to an activating group) is 1. The van der Waals surface area contributed by atoms with Gasteiger partial charge in [-0.15, -0.1) is 0 Å². The van der Waals surface area contributed by atoms with E-state index in [1.807, 2.05) is 18.0 Å². The molecule has 0 radical (unpaired) electrons. The molecule has 0 aromatic carbocycles. The largest absolute Gasteiger partial charge is 0.444 e. The molecular formula is C30H45N9O5. The minimum atomic E-state index is -0.538. The number of ether oxygens (including phenoxy) is 1. The van der Waals surface area contributed by atoms with Gasteiger partial charge in [0.25, 0.3) is 0 Å². The van der Waals surface area contributed by atoms with E-state index < -0.39 is 11.7 Å². The van der Waals surface area contributed by atoms with Crippen molar-refractivity contribution in [3.63, 3.8) is 0 Å². The van der Waals surface area contributed by atoms with Crippen molar-refractivity contribution in [2.75, 3.05) is 44.7 Å². The Kier molecular flexibility index (Phi) is 12.3. The molecule has 14 heteroatoms. The number of carbonyl (C=O) groups excluding carboxylic acids is 4. The third-order valence-corrected chi connectivity index (χ3v) is 7.46. The summed E-state index contributed by atoms with van der Waals surface area (Å²) in [6, 6.07) is 3.36. The van der Waals surface area contributed by atoms with Crippen molar-refractivity contribution in [3.05, 3.63) is 18.6 Å². The topological polar surface area (TPSA) is 175 Å². The molecule has 0 saturated carbocycles. The highest BCUT2D eigenvalue weighted by atomic mass is 16.6. The molecule has 1 aliphatic rings. The lowest BCUT2D eigenvalue weighted by Gasteiger charge is -2.42. The zero-order chi connectivity index (χ0) is 32.3. The van der Waals surface area contributed by atoms with Crippen molar-refractivity contribution in [2.45, 2.75) is 77.9 Å². The van der Waals surface area contributed by atoms with Gasteiger partial charge in [-0.1, -0.05) is 6.92 Å². The number of nitrogens with zero attached hydrogens (tertiary/aromatic N) is 6. The van der Waals surface area contributed by atoms with E-state index in [0.29, 0.717) is 68.3 Å². The maximum absolute atomic E-state index is 12.9. The first-order valence-electron chi connectivity index (χ1n) is 15.1. The van der Waals surface area contributed by atoms with Crippen molar-refractivity contribution < 1.29 is 23.9 Å². The van der Waals surface area contributed by atoms with Gasteiger partial charge in [-0.2, -0.15) is 5.26 Å². The Hall–Kier alpha value is -4.41. The summed E-state index contributed by atoms with van der Waals surface area (Å²) in [5, 5.41) is 18.0. The minimum Gasteiger partial charge on any atom is -0.444 e. The SMILES string of the molecule is C[C@@H]1CCN(C(=O)CC#N)C[C@@H]1N(C)c1ncnc2c1ccn2C(=O)NCCCC(=O)NCCCCNC(=O)OC(C)(C)C. The quantitative estimate of drug-likeness (QED) is 0.305. The summed E-state index contributed by atoms with van der Waals surface area (Å²) in [6.07, 6.45) is 5.46. The first-order valence-corrected chi connectivity index (χ1v) is 15.1. The number of hydrogen-bond donors (Lipinski definition) is 3. The number of aromatic nitrogens is 3. The number of hydrogen-bond acceptors (Lipinski definition) is 9. The van der Waals surface area contributed by atoms with Gasteiger partial charge in [0.2, 0.25) is 11.8 Å². The molecule has 2 atom stereocenters. The van der Waals surface area contributed by atoms with Crippen molar-refractivity contribution in [2.24, 2.45) is 5.92 Å². The molecule has 3 rings (SSSR count). The van der Waals surface area contributed by atoms with E-state index in [-0.39, 0.29) is 36.7 Å². The molecule has 0 bridgehead atoms. The molecular weight excluding hydrogens is 566 g/mol. The average molecular weight is 612 g/mol. The maximum Gasteiger partial charge on any atom is 0.407 e. The van der Waals surface area contributed by atoms with E-state index in [1.54, 1.807) is 37.9 Å². The van der Waals surface area contributed by atoms with Crippen LogP contribution in [0.1, 0.15) is 66.2 Å². The number of fused-ring (bicyclic) bond motifs is 1. The van der Waals surface area contributed by atoms with Crippen molar-refractivity contribution in [3.8, 4) is 6.07 Å². The Bertz CT molecular complexity index is 1350. The molecule has 240 valence electrons. The summed E-state index contributed by atoms with van der Waals surface area (Å²) in [7, 11) is 1.92. The van der Waals surface area contributed by atoms with Crippen molar-refractivity contribution >= 4 is 40.8 Å². The molecule has 1 fully saturated rings. The summed E-state index contributed by atoms with van der Waals surface area (Å²) in [5.41, 5.74) is -0.0808. The number of likely N-dealkylation sites (tertiary alicyclic amines) is 1. The highest BCUT2D eigenvalue weighted by molar-refractivity contribution is 5.95. The number of nitrogens with one attached hydrogen (secondary N) is 3. The molecule has 1 aliphatic heterocycles. The number of nitriles is 1. The van der Waals surface area contributed by atoms with Crippen LogP contribution in [0.4, 0.5) is 15.4 Å². The predicted octanol–water partition coefficient (Wildman–Crippen LogP) is 2.78. The number of amides is 4. The summed E-state index contributed by atoms with van der Waals surface area (Å²) in [5.74, 6) is 0.678. The van der Waals surface area contributed by atoms with Crippen LogP contribution < -0.4 is 20.9 Å². The molecule has 2 aromatic rings. The average Bonchev–Trinajstić information content (AvgIpc) is 3.40. The fraction of sp³-hybridized carbons (Fsp3) is 0.633. The van der Waals surface area contributed by atoms with E-state index in [2.05, 4.69) is 32.8 Å². The molecule has 0 unspecified atom stereocenters. The van der Waals surface area contributed by atoms with Crippen LogP contribution in [-0.2, 0) is 14.3 Å². The second-order valence-corrected chi connectivity index (χ2v) is 12.1. The van der Waals surface area contributed by atoms with Gasteiger partial charge in [0.05, 0.1) is 17.5 Å². The van der Waals surface area contributed by atoms with E-state index in [0.717, 1.165) is 12.8 Å². The van der Waals surface area contributed by atoms with Crippen LogP contribution in [-0.4, -0.2) is 94.8 Å².